The molecule has 0 saturated heterocycles. The molecule has 30 heavy (non-hydrogen) atoms. The lowest BCUT2D eigenvalue weighted by Gasteiger charge is -2.28. The summed E-state index contributed by atoms with van der Waals surface area (Å²) in [6.45, 7) is 0.919. The Morgan fingerprint density at radius 1 is 0.933 bits per heavy atom. The van der Waals surface area contributed by atoms with E-state index >= 15 is 0 Å². The Balaban J connectivity index is 1.45. The molecule has 162 valence electrons. The van der Waals surface area contributed by atoms with Gasteiger partial charge < -0.3 is 9.64 Å². The van der Waals surface area contributed by atoms with E-state index in [0.29, 0.717) is 11.5 Å². The molecule has 2 aromatic rings. The van der Waals surface area contributed by atoms with Crippen molar-refractivity contribution in [1.82, 2.24) is 4.90 Å². The van der Waals surface area contributed by atoms with E-state index in [-0.39, 0.29) is 18.5 Å². The highest BCUT2D eigenvalue weighted by atomic mass is 19.4. The molecule has 1 saturated carbocycles. The van der Waals surface area contributed by atoms with Gasteiger partial charge in [0.05, 0.1) is 12.0 Å². The maximum atomic E-state index is 12.6. The van der Waals surface area contributed by atoms with Crippen LogP contribution >= 0.6 is 0 Å². The first-order chi connectivity index (χ1) is 14.2. The number of halogens is 3. The minimum absolute atomic E-state index is 0.00853. The maximum Gasteiger partial charge on any atom is 0.416 e. The number of benzene rings is 2. The van der Waals surface area contributed by atoms with Crippen LogP contribution in [0.2, 0.25) is 0 Å². The molecule has 0 heterocycles. The lowest BCUT2D eigenvalue weighted by atomic mass is 9.82. The van der Waals surface area contributed by atoms with Crippen LogP contribution in [0.5, 0.6) is 0 Å². The van der Waals surface area contributed by atoms with Crippen LogP contribution in [0.15, 0.2) is 48.5 Å². The van der Waals surface area contributed by atoms with E-state index in [9.17, 15) is 18.0 Å². The summed E-state index contributed by atoms with van der Waals surface area (Å²) in [7, 11) is 4.10. The second-order valence-corrected chi connectivity index (χ2v) is 8.31. The molecule has 0 spiro atoms. The van der Waals surface area contributed by atoms with E-state index in [1.807, 2.05) is 14.1 Å². The van der Waals surface area contributed by atoms with E-state index in [1.54, 1.807) is 0 Å². The predicted octanol–water partition coefficient (Wildman–Crippen LogP) is 5.58. The van der Waals surface area contributed by atoms with Gasteiger partial charge in [-0.3, -0.25) is 4.79 Å². The molecule has 6 heteroatoms. The largest absolute Gasteiger partial charge is 0.462 e. The topological polar surface area (TPSA) is 29.5 Å². The van der Waals surface area contributed by atoms with Gasteiger partial charge in [0.1, 0.15) is 6.10 Å². The zero-order valence-corrected chi connectivity index (χ0v) is 17.4. The number of alkyl halides is 3. The molecule has 1 aliphatic carbocycles. The van der Waals surface area contributed by atoms with Gasteiger partial charge in [-0.25, -0.2) is 0 Å². The minimum Gasteiger partial charge on any atom is -0.462 e. The Morgan fingerprint density at radius 3 is 2.03 bits per heavy atom. The third-order valence-electron chi connectivity index (χ3n) is 5.55. The summed E-state index contributed by atoms with van der Waals surface area (Å²) in [5.41, 5.74) is 2.42. The molecule has 3 nitrogen and oxygen atoms in total. The highest BCUT2D eigenvalue weighted by Gasteiger charge is 2.30. The Kier molecular flexibility index (Phi) is 7.19. The molecule has 0 aliphatic heterocycles. The maximum absolute atomic E-state index is 12.6. The summed E-state index contributed by atoms with van der Waals surface area (Å²) in [6, 6.07) is 13.4. The average molecular weight is 419 g/mol. The smallest absolute Gasteiger partial charge is 0.416 e. The quantitative estimate of drug-likeness (QED) is 0.573. The summed E-state index contributed by atoms with van der Waals surface area (Å²) in [5.74, 6) is 0.0921. The van der Waals surface area contributed by atoms with E-state index < -0.39 is 11.7 Å². The zero-order chi connectivity index (χ0) is 21.7. The lowest BCUT2D eigenvalue weighted by molar-refractivity contribution is -0.149. The predicted molar refractivity (Wildman–Crippen MR) is 110 cm³/mol. The lowest BCUT2D eigenvalue weighted by Crippen LogP contribution is -2.24. The van der Waals surface area contributed by atoms with E-state index in [2.05, 4.69) is 29.2 Å². The van der Waals surface area contributed by atoms with Gasteiger partial charge in [-0.05, 0) is 74.5 Å². The summed E-state index contributed by atoms with van der Waals surface area (Å²) in [4.78, 5) is 14.3. The Bertz CT molecular complexity index is 821. The van der Waals surface area contributed by atoms with Gasteiger partial charge in [-0.1, -0.05) is 36.4 Å². The minimum atomic E-state index is -4.37. The Hall–Kier alpha value is -2.34. The number of esters is 1. The van der Waals surface area contributed by atoms with E-state index in [4.69, 9.17) is 4.74 Å². The number of nitrogens with zero attached hydrogens (tertiary/aromatic N) is 1. The van der Waals surface area contributed by atoms with Crippen molar-refractivity contribution in [2.45, 2.75) is 56.8 Å². The zero-order valence-electron chi connectivity index (χ0n) is 17.4. The molecular formula is C24H28F3NO2. The Morgan fingerprint density at radius 2 is 1.50 bits per heavy atom. The highest BCUT2D eigenvalue weighted by Crippen LogP contribution is 2.34. The first-order valence-electron chi connectivity index (χ1n) is 10.3. The molecule has 2 aromatic carbocycles. The van der Waals surface area contributed by atoms with Crippen LogP contribution in [0, 0.1) is 0 Å². The van der Waals surface area contributed by atoms with Gasteiger partial charge in [0, 0.05) is 6.54 Å². The van der Waals surface area contributed by atoms with Gasteiger partial charge in [0.25, 0.3) is 0 Å². The van der Waals surface area contributed by atoms with Gasteiger partial charge in [-0.2, -0.15) is 13.2 Å². The van der Waals surface area contributed by atoms with Crippen molar-refractivity contribution in [1.29, 1.82) is 0 Å². The van der Waals surface area contributed by atoms with Crippen LogP contribution in [0.3, 0.4) is 0 Å². The average Bonchev–Trinajstić information content (AvgIpc) is 2.68. The summed E-state index contributed by atoms with van der Waals surface area (Å²) in [6.07, 6.45) is -0.950. The standard InChI is InChI=1S/C24H28F3NO2/c1-28(2)16-18-3-7-19(8-4-18)20-9-13-22(14-10-20)30-23(29)15-17-5-11-21(12-6-17)24(25,26)27/h3-8,11-12,20,22H,9-10,13-16H2,1-2H3. The molecule has 0 N–H and O–H groups in total. The third-order valence-corrected chi connectivity index (χ3v) is 5.55. The molecule has 0 bridgehead atoms. The van der Waals surface area contributed by atoms with Crippen LogP contribution in [-0.4, -0.2) is 31.1 Å². The van der Waals surface area contributed by atoms with Crippen molar-refractivity contribution in [2.75, 3.05) is 14.1 Å². The SMILES string of the molecule is CN(C)Cc1ccc(C2CCC(OC(=O)Cc3ccc(C(F)(F)F)cc3)CC2)cc1. The number of carbonyl (C=O) groups excluding carboxylic acids is 1. The van der Waals surface area contributed by atoms with Crippen molar-refractivity contribution >= 4 is 5.97 Å². The molecule has 0 aromatic heterocycles. The molecule has 0 radical (unpaired) electrons. The molecule has 0 atom stereocenters. The number of hydrogen-bond donors (Lipinski definition) is 0. The fourth-order valence-corrected chi connectivity index (χ4v) is 3.98. The molecular weight excluding hydrogens is 391 g/mol. The summed E-state index contributed by atoms with van der Waals surface area (Å²) >= 11 is 0. The van der Waals surface area contributed by atoms with Crippen molar-refractivity contribution in [2.24, 2.45) is 0 Å². The van der Waals surface area contributed by atoms with Crippen molar-refractivity contribution in [3.63, 3.8) is 0 Å². The van der Waals surface area contributed by atoms with E-state index in [1.165, 1.54) is 23.3 Å². The summed E-state index contributed by atoms with van der Waals surface area (Å²) < 4.78 is 43.4. The fourth-order valence-electron chi connectivity index (χ4n) is 3.98. The highest BCUT2D eigenvalue weighted by molar-refractivity contribution is 5.72. The number of carbonyl (C=O) groups is 1. The van der Waals surface area contributed by atoms with Gasteiger partial charge in [0.15, 0.2) is 0 Å². The monoisotopic (exact) mass is 419 g/mol. The van der Waals surface area contributed by atoms with Crippen molar-refractivity contribution < 1.29 is 22.7 Å². The van der Waals surface area contributed by atoms with Crippen LogP contribution in [0.25, 0.3) is 0 Å². The first kappa shape index (κ1) is 22.3. The second-order valence-electron chi connectivity index (χ2n) is 8.31. The number of rotatable bonds is 6. The molecule has 0 unspecified atom stereocenters. The molecule has 0 amide bonds. The fraction of sp³-hybridized carbons (Fsp3) is 0.458. The van der Waals surface area contributed by atoms with Gasteiger partial charge in [0.2, 0.25) is 0 Å². The van der Waals surface area contributed by atoms with Gasteiger partial charge in [-0.15, -0.1) is 0 Å². The van der Waals surface area contributed by atoms with Crippen LogP contribution < -0.4 is 0 Å². The second kappa shape index (κ2) is 9.65. The molecule has 3 rings (SSSR count). The third kappa shape index (κ3) is 6.33. The molecule has 1 fully saturated rings. The number of hydrogen-bond acceptors (Lipinski definition) is 3. The molecule has 1 aliphatic rings. The first-order valence-corrected chi connectivity index (χ1v) is 10.3. The van der Waals surface area contributed by atoms with Crippen LogP contribution in [-0.2, 0) is 28.7 Å². The van der Waals surface area contributed by atoms with E-state index in [0.717, 1.165) is 44.4 Å². The normalized spacial score (nSPS) is 19.7. The van der Waals surface area contributed by atoms with Crippen molar-refractivity contribution in [3.05, 3.63) is 70.8 Å². The van der Waals surface area contributed by atoms with Crippen LogP contribution in [0.4, 0.5) is 13.2 Å². The van der Waals surface area contributed by atoms with Crippen molar-refractivity contribution in [3.8, 4) is 0 Å². The van der Waals surface area contributed by atoms with Crippen LogP contribution in [0.1, 0.15) is 53.9 Å². The number of ether oxygens (including phenoxy) is 1. The van der Waals surface area contributed by atoms with Gasteiger partial charge >= 0.3 is 12.1 Å². The Labute approximate surface area is 175 Å². The summed E-state index contributed by atoms with van der Waals surface area (Å²) in [5, 5.41) is 0.